The summed E-state index contributed by atoms with van der Waals surface area (Å²) in [6.45, 7) is 18.7. The number of hydrogen-bond donors (Lipinski definition) is 0. The molecule has 0 amide bonds. The molecule has 0 N–H and O–H groups in total. The summed E-state index contributed by atoms with van der Waals surface area (Å²) in [7, 11) is 1.58. The van der Waals surface area contributed by atoms with Crippen LogP contribution >= 0.6 is 0 Å². The van der Waals surface area contributed by atoms with Crippen molar-refractivity contribution in [2.24, 2.45) is 56.7 Å². The predicted molar refractivity (Wildman–Crippen MR) is 158 cm³/mol. The highest BCUT2D eigenvalue weighted by Gasteiger charge is 2.72. The Morgan fingerprint density at radius 1 is 1.00 bits per heavy atom. The maximum Gasteiger partial charge on any atom is 0.312 e. The van der Waals surface area contributed by atoms with Gasteiger partial charge in [-0.3, -0.25) is 9.59 Å². The van der Waals surface area contributed by atoms with E-state index in [0.29, 0.717) is 35.4 Å². The van der Waals surface area contributed by atoms with Crippen LogP contribution in [0.4, 0.5) is 0 Å². The van der Waals surface area contributed by atoms with Crippen LogP contribution in [-0.2, 0) is 14.3 Å². The zero-order valence-corrected chi connectivity index (χ0v) is 25.9. The number of carbonyl (C=O) groups excluding carboxylic acids is 2. The largest absolute Gasteiger partial charge is 0.469 e. The summed E-state index contributed by atoms with van der Waals surface area (Å²) in [6, 6.07) is 3.85. The highest BCUT2D eigenvalue weighted by molar-refractivity contribution is 6.04. The van der Waals surface area contributed by atoms with E-state index < -0.39 is 5.41 Å². The SMILES string of the molecule is C=C(C)[C@@H]1CC[C@]2(C(=O)OC)CC[C@]3(C)[C@H](CC[C@@H]4[C@@]5(C)C/C(=C/c6ccco6)C(=O)C(C)(C)[C@H]5CC[C@]43C)[C@H]12. The van der Waals surface area contributed by atoms with Crippen molar-refractivity contribution in [1.29, 1.82) is 0 Å². The number of ether oxygens (including phenoxy) is 1. The van der Waals surface area contributed by atoms with E-state index in [4.69, 9.17) is 9.15 Å². The molecule has 5 aliphatic carbocycles. The number of fused-ring (bicyclic) bond motifs is 7. The smallest absolute Gasteiger partial charge is 0.312 e. The standard InChI is InChI=1S/C36H50O4/c1-22(2)25-13-16-36(31(38)39-8)18-17-34(6)26(29(25)36)11-12-28-33(5)21-23(20-24-10-9-19-40-24)30(37)32(3,4)27(33)14-15-35(28,34)7/h9-10,19-20,25-29H,1,11-18,21H2,2-8H3/b23-20-/t25-,26+,27+,28+,29-,33-,34+,35+,36-/m0/s1. The van der Waals surface area contributed by atoms with E-state index in [9.17, 15) is 9.59 Å². The molecule has 5 aliphatic rings. The lowest BCUT2D eigenvalue weighted by Gasteiger charge is -2.72. The summed E-state index contributed by atoms with van der Waals surface area (Å²) in [5.41, 5.74) is 1.75. The van der Waals surface area contributed by atoms with Crippen LogP contribution in [0.25, 0.3) is 6.08 Å². The van der Waals surface area contributed by atoms with Crippen LogP contribution in [0, 0.1) is 56.7 Å². The lowest BCUT2D eigenvalue weighted by Crippen LogP contribution is -2.67. The third-order valence-corrected chi connectivity index (χ3v) is 14.1. The Morgan fingerprint density at radius 2 is 1.75 bits per heavy atom. The number of methoxy groups -OCH3 is 1. The molecular weight excluding hydrogens is 496 g/mol. The minimum atomic E-state index is -0.395. The fraction of sp³-hybridized carbons (Fsp3) is 0.722. The first kappa shape index (κ1) is 28.0. The second-order valence-corrected chi connectivity index (χ2v) is 15.7. The minimum absolute atomic E-state index is 0.0199. The summed E-state index contributed by atoms with van der Waals surface area (Å²) in [6.07, 6.45) is 13.1. The highest BCUT2D eigenvalue weighted by atomic mass is 16.5. The Balaban J connectivity index is 1.42. The van der Waals surface area contributed by atoms with Gasteiger partial charge >= 0.3 is 5.97 Å². The van der Waals surface area contributed by atoms with E-state index in [-0.39, 0.29) is 27.6 Å². The molecule has 5 fully saturated rings. The lowest BCUT2D eigenvalue weighted by atomic mass is 9.32. The van der Waals surface area contributed by atoms with E-state index in [0.717, 1.165) is 62.7 Å². The maximum absolute atomic E-state index is 13.9. The van der Waals surface area contributed by atoms with E-state index >= 15 is 0 Å². The predicted octanol–water partition coefficient (Wildman–Crippen LogP) is 8.67. The van der Waals surface area contributed by atoms with Gasteiger partial charge in [0.05, 0.1) is 18.8 Å². The van der Waals surface area contributed by atoms with Crippen molar-refractivity contribution in [3.8, 4) is 0 Å². The molecule has 1 aromatic heterocycles. The number of rotatable bonds is 3. The third kappa shape index (κ3) is 3.43. The van der Waals surface area contributed by atoms with Gasteiger partial charge in [-0.15, -0.1) is 0 Å². The Bertz CT molecular complexity index is 1250. The van der Waals surface area contributed by atoms with Gasteiger partial charge in [0.2, 0.25) is 0 Å². The average molecular weight is 547 g/mol. The molecule has 40 heavy (non-hydrogen) atoms. The lowest BCUT2D eigenvalue weighted by molar-refractivity contribution is -0.232. The molecule has 218 valence electrons. The summed E-state index contributed by atoms with van der Waals surface area (Å²) >= 11 is 0. The van der Waals surface area contributed by atoms with Crippen molar-refractivity contribution >= 4 is 17.8 Å². The summed E-state index contributed by atoms with van der Waals surface area (Å²) in [5.74, 6) is 3.19. The van der Waals surface area contributed by atoms with Crippen LogP contribution < -0.4 is 0 Å². The fourth-order valence-corrected chi connectivity index (χ4v) is 12.2. The Labute approximate surface area is 241 Å². The van der Waals surface area contributed by atoms with Crippen LogP contribution in [-0.4, -0.2) is 18.9 Å². The molecule has 0 bridgehead atoms. The van der Waals surface area contributed by atoms with Gasteiger partial charge < -0.3 is 9.15 Å². The Kier molecular flexibility index (Phi) is 6.27. The molecule has 1 aromatic rings. The van der Waals surface area contributed by atoms with Crippen molar-refractivity contribution in [2.45, 2.75) is 99.3 Å². The first-order valence-electron chi connectivity index (χ1n) is 15.8. The van der Waals surface area contributed by atoms with Crippen LogP contribution in [0.1, 0.15) is 105 Å². The fourth-order valence-electron chi connectivity index (χ4n) is 12.2. The van der Waals surface area contributed by atoms with Crippen molar-refractivity contribution in [3.05, 3.63) is 41.9 Å². The summed E-state index contributed by atoms with van der Waals surface area (Å²) in [4.78, 5) is 27.4. The Hall–Kier alpha value is -2.10. The number of carbonyl (C=O) groups is 2. The van der Waals surface area contributed by atoms with Gasteiger partial charge in [0.1, 0.15) is 5.76 Å². The number of allylic oxidation sites excluding steroid dienone is 2. The molecular formula is C36H50O4. The molecule has 9 atom stereocenters. The molecule has 0 radical (unpaired) electrons. The molecule has 5 saturated carbocycles. The summed E-state index contributed by atoms with van der Waals surface area (Å²) in [5, 5.41) is 0. The molecule has 1 heterocycles. The molecule has 0 unspecified atom stereocenters. The van der Waals surface area contributed by atoms with E-state index in [1.807, 2.05) is 18.2 Å². The van der Waals surface area contributed by atoms with Gasteiger partial charge in [-0.2, -0.15) is 0 Å². The van der Waals surface area contributed by atoms with Crippen molar-refractivity contribution < 1.29 is 18.7 Å². The van der Waals surface area contributed by atoms with Gasteiger partial charge in [0.25, 0.3) is 0 Å². The van der Waals surface area contributed by atoms with E-state index in [1.165, 1.54) is 12.0 Å². The van der Waals surface area contributed by atoms with Gasteiger partial charge in [0.15, 0.2) is 5.78 Å². The number of ketones is 1. The monoisotopic (exact) mass is 546 g/mol. The topological polar surface area (TPSA) is 56.5 Å². The van der Waals surface area contributed by atoms with Gasteiger partial charge in [-0.05, 0) is 134 Å². The van der Waals surface area contributed by atoms with E-state index in [1.54, 1.807) is 13.4 Å². The molecule has 4 heteroatoms. The van der Waals surface area contributed by atoms with Crippen molar-refractivity contribution in [2.75, 3.05) is 7.11 Å². The van der Waals surface area contributed by atoms with E-state index in [2.05, 4.69) is 48.1 Å². The highest BCUT2D eigenvalue weighted by Crippen LogP contribution is 2.77. The van der Waals surface area contributed by atoms with Gasteiger partial charge in [0, 0.05) is 5.41 Å². The molecule has 0 aliphatic heterocycles. The third-order valence-electron chi connectivity index (χ3n) is 14.1. The number of furan rings is 1. The average Bonchev–Trinajstić information content (AvgIpc) is 3.55. The molecule has 6 rings (SSSR count). The Morgan fingerprint density at radius 3 is 2.40 bits per heavy atom. The quantitative estimate of drug-likeness (QED) is 0.216. The number of hydrogen-bond acceptors (Lipinski definition) is 4. The van der Waals surface area contributed by atoms with Crippen LogP contribution in [0.5, 0.6) is 0 Å². The second kappa shape index (κ2) is 8.95. The van der Waals surface area contributed by atoms with Crippen molar-refractivity contribution in [1.82, 2.24) is 0 Å². The summed E-state index contributed by atoms with van der Waals surface area (Å²) < 4.78 is 11.2. The van der Waals surface area contributed by atoms with Crippen LogP contribution in [0.15, 0.2) is 40.5 Å². The minimum Gasteiger partial charge on any atom is -0.469 e. The first-order chi connectivity index (χ1) is 18.8. The normalized spacial score (nSPS) is 46.6. The maximum atomic E-state index is 13.9. The molecule has 4 nitrogen and oxygen atoms in total. The van der Waals surface area contributed by atoms with Gasteiger partial charge in [-0.1, -0.05) is 46.8 Å². The van der Waals surface area contributed by atoms with Crippen LogP contribution in [0.2, 0.25) is 0 Å². The first-order valence-corrected chi connectivity index (χ1v) is 15.8. The van der Waals surface area contributed by atoms with Crippen LogP contribution in [0.3, 0.4) is 0 Å². The molecule has 0 saturated heterocycles. The number of Topliss-reactive ketones (excluding diaryl/α,β-unsaturated/α-hetero) is 1. The number of esters is 1. The zero-order valence-electron chi connectivity index (χ0n) is 25.9. The van der Waals surface area contributed by atoms with Gasteiger partial charge in [-0.25, -0.2) is 0 Å². The molecule has 0 spiro atoms. The van der Waals surface area contributed by atoms with Crippen molar-refractivity contribution in [3.63, 3.8) is 0 Å². The second-order valence-electron chi connectivity index (χ2n) is 15.7. The zero-order chi connectivity index (χ0) is 28.9. The molecule has 0 aromatic carbocycles.